The maximum atomic E-state index is 12.0. The van der Waals surface area contributed by atoms with E-state index in [4.69, 9.17) is 15.2 Å². The zero-order valence-electron chi connectivity index (χ0n) is 10.2. The fourth-order valence-electron chi connectivity index (χ4n) is 1.65. The average Bonchev–Trinajstić information content (AvgIpc) is 2.31. The van der Waals surface area contributed by atoms with Crippen molar-refractivity contribution in [2.45, 2.75) is 13.3 Å². The third kappa shape index (κ3) is 2.79. The minimum Gasteiger partial charge on any atom is -0.493 e. The number of ether oxygens (including phenoxy) is 2. The molecule has 0 heterocycles. The van der Waals surface area contributed by atoms with Crippen molar-refractivity contribution in [3.63, 3.8) is 0 Å². The molecule has 0 aliphatic heterocycles. The number of methoxy groups -OCH3 is 2. The highest BCUT2D eigenvalue weighted by Crippen LogP contribution is 2.38. The van der Waals surface area contributed by atoms with Crippen molar-refractivity contribution in [3.05, 3.63) is 21.7 Å². The minimum absolute atomic E-state index is 0.0403. The lowest BCUT2D eigenvalue weighted by Crippen LogP contribution is -2.11. The van der Waals surface area contributed by atoms with Gasteiger partial charge in [-0.25, -0.2) is 0 Å². The van der Waals surface area contributed by atoms with Crippen LogP contribution in [0.5, 0.6) is 11.5 Å². The van der Waals surface area contributed by atoms with Crippen LogP contribution in [0.4, 0.5) is 0 Å². The highest BCUT2D eigenvalue weighted by atomic mass is 79.9. The Bertz CT molecular complexity index is 432. The van der Waals surface area contributed by atoms with Crippen LogP contribution in [0, 0.1) is 6.92 Å². The fraction of sp³-hybridized carbons (Fsp3) is 0.417. The Labute approximate surface area is 109 Å². The molecule has 0 aliphatic rings. The molecule has 0 amide bonds. The highest BCUT2D eigenvalue weighted by Gasteiger charge is 2.21. The van der Waals surface area contributed by atoms with E-state index in [9.17, 15) is 4.79 Å². The number of benzene rings is 1. The van der Waals surface area contributed by atoms with Crippen molar-refractivity contribution in [2.24, 2.45) is 5.73 Å². The standard InChI is InChI=1S/C12H16BrNO3/c1-7-8(13)6-10(16-2)12(17-3)11(7)9(15)4-5-14/h6H,4-5,14H2,1-3H3. The lowest BCUT2D eigenvalue weighted by atomic mass is 10.0. The van der Waals surface area contributed by atoms with Crippen molar-refractivity contribution in [1.82, 2.24) is 0 Å². The first-order chi connectivity index (χ1) is 8.06. The summed E-state index contributed by atoms with van der Waals surface area (Å²) in [5, 5.41) is 0. The number of nitrogens with two attached hydrogens (primary N) is 1. The Morgan fingerprint density at radius 3 is 2.53 bits per heavy atom. The van der Waals surface area contributed by atoms with E-state index in [-0.39, 0.29) is 12.2 Å². The summed E-state index contributed by atoms with van der Waals surface area (Å²) in [6, 6.07) is 1.79. The van der Waals surface area contributed by atoms with Gasteiger partial charge in [-0.1, -0.05) is 15.9 Å². The van der Waals surface area contributed by atoms with Crippen molar-refractivity contribution >= 4 is 21.7 Å². The number of ketones is 1. The summed E-state index contributed by atoms with van der Waals surface area (Å²) in [5.74, 6) is 0.957. The van der Waals surface area contributed by atoms with Gasteiger partial charge in [0.1, 0.15) is 0 Å². The molecule has 0 fully saturated rings. The van der Waals surface area contributed by atoms with E-state index in [1.807, 2.05) is 6.92 Å². The Morgan fingerprint density at radius 1 is 1.41 bits per heavy atom. The van der Waals surface area contributed by atoms with Crippen molar-refractivity contribution in [3.8, 4) is 11.5 Å². The quantitative estimate of drug-likeness (QED) is 0.848. The molecule has 5 heteroatoms. The van der Waals surface area contributed by atoms with Crippen LogP contribution < -0.4 is 15.2 Å². The molecule has 17 heavy (non-hydrogen) atoms. The van der Waals surface area contributed by atoms with Gasteiger partial charge in [-0.2, -0.15) is 0 Å². The van der Waals surface area contributed by atoms with Gasteiger partial charge in [-0.15, -0.1) is 0 Å². The predicted octanol–water partition coefficient (Wildman–Crippen LogP) is 2.31. The van der Waals surface area contributed by atoms with Crippen LogP contribution in [-0.2, 0) is 0 Å². The molecule has 0 saturated heterocycles. The van der Waals surface area contributed by atoms with Crippen LogP contribution in [0.15, 0.2) is 10.5 Å². The number of halogens is 1. The molecule has 2 N–H and O–H groups in total. The topological polar surface area (TPSA) is 61.5 Å². The fourth-order valence-corrected chi connectivity index (χ4v) is 2.05. The van der Waals surface area contributed by atoms with E-state index < -0.39 is 0 Å². The van der Waals surface area contributed by atoms with E-state index >= 15 is 0 Å². The van der Waals surface area contributed by atoms with E-state index in [0.29, 0.717) is 23.6 Å². The van der Waals surface area contributed by atoms with Gasteiger partial charge in [0.05, 0.1) is 19.8 Å². The van der Waals surface area contributed by atoms with Crippen LogP contribution in [0.1, 0.15) is 22.3 Å². The Kier molecular flexibility index (Phi) is 4.96. The molecule has 0 saturated carbocycles. The zero-order valence-corrected chi connectivity index (χ0v) is 11.8. The van der Waals surface area contributed by atoms with Crippen LogP contribution in [-0.4, -0.2) is 26.5 Å². The zero-order chi connectivity index (χ0) is 13.0. The van der Waals surface area contributed by atoms with Crippen molar-refractivity contribution in [1.29, 1.82) is 0 Å². The van der Waals surface area contributed by atoms with Crippen molar-refractivity contribution < 1.29 is 14.3 Å². The van der Waals surface area contributed by atoms with E-state index in [1.54, 1.807) is 6.07 Å². The normalized spacial score (nSPS) is 10.2. The maximum Gasteiger partial charge on any atom is 0.171 e. The van der Waals surface area contributed by atoms with E-state index in [0.717, 1.165) is 10.0 Å². The molecule has 94 valence electrons. The molecular weight excluding hydrogens is 286 g/mol. The van der Waals surface area contributed by atoms with Crippen LogP contribution >= 0.6 is 15.9 Å². The number of rotatable bonds is 5. The molecule has 1 aromatic carbocycles. The molecule has 0 aliphatic carbocycles. The molecular formula is C12H16BrNO3. The lowest BCUT2D eigenvalue weighted by Gasteiger charge is -2.15. The Morgan fingerprint density at radius 2 is 2.06 bits per heavy atom. The van der Waals surface area contributed by atoms with Gasteiger partial charge in [0.25, 0.3) is 0 Å². The first kappa shape index (κ1) is 14.0. The van der Waals surface area contributed by atoms with Gasteiger partial charge >= 0.3 is 0 Å². The maximum absolute atomic E-state index is 12.0. The van der Waals surface area contributed by atoms with Gasteiger partial charge in [-0.05, 0) is 25.1 Å². The second-order valence-corrected chi connectivity index (χ2v) is 4.41. The number of carbonyl (C=O) groups is 1. The largest absolute Gasteiger partial charge is 0.493 e. The summed E-state index contributed by atoms with van der Waals surface area (Å²) in [5.41, 5.74) is 6.78. The van der Waals surface area contributed by atoms with Crippen LogP contribution in [0.2, 0.25) is 0 Å². The molecule has 0 aromatic heterocycles. The molecule has 4 nitrogen and oxygen atoms in total. The van der Waals surface area contributed by atoms with Gasteiger partial charge in [-0.3, -0.25) is 4.79 Å². The first-order valence-electron chi connectivity index (χ1n) is 5.21. The van der Waals surface area contributed by atoms with Gasteiger partial charge in [0.15, 0.2) is 17.3 Å². The summed E-state index contributed by atoms with van der Waals surface area (Å²) < 4.78 is 11.3. The van der Waals surface area contributed by atoms with Gasteiger partial charge in [0.2, 0.25) is 0 Å². The Balaban J connectivity index is 3.43. The SMILES string of the molecule is COc1cc(Br)c(C)c(C(=O)CCN)c1OC. The summed E-state index contributed by atoms with van der Waals surface area (Å²) >= 11 is 3.40. The van der Waals surface area contributed by atoms with Gasteiger partial charge < -0.3 is 15.2 Å². The predicted molar refractivity (Wildman–Crippen MR) is 70.0 cm³/mol. The summed E-state index contributed by atoms with van der Waals surface area (Å²) in [7, 11) is 3.06. The van der Waals surface area contributed by atoms with E-state index in [1.165, 1.54) is 14.2 Å². The number of hydrogen-bond donors (Lipinski definition) is 1. The molecule has 0 spiro atoms. The monoisotopic (exact) mass is 301 g/mol. The van der Waals surface area contributed by atoms with Crippen molar-refractivity contribution in [2.75, 3.05) is 20.8 Å². The molecule has 0 atom stereocenters. The molecule has 1 rings (SSSR count). The second kappa shape index (κ2) is 6.02. The van der Waals surface area contributed by atoms with E-state index in [2.05, 4.69) is 15.9 Å². The molecule has 0 unspecified atom stereocenters. The third-order valence-electron chi connectivity index (χ3n) is 2.52. The van der Waals surface area contributed by atoms with Crippen LogP contribution in [0.25, 0.3) is 0 Å². The Hall–Kier alpha value is -1.07. The molecule has 0 bridgehead atoms. The number of carbonyl (C=O) groups excluding carboxylic acids is 1. The first-order valence-corrected chi connectivity index (χ1v) is 6.00. The summed E-state index contributed by atoms with van der Waals surface area (Å²) in [6.07, 6.45) is 0.288. The number of hydrogen-bond acceptors (Lipinski definition) is 4. The second-order valence-electron chi connectivity index (χ2n) is 3.56. The highest BCUT2D eigenvalue weighted by molar-refractivity contribution is 9.10. The molecule has 0 radical (unpaired) electrons. The minimum atomic E-state index is -0.0403. The average molecular weight is 302 g/mol. The number of Topliss-reactive ketones (excluding diaryl/α,β-unsaturated/α-hetero) is 1. The van der Waals surface area contributed by atoms with Gasteiger partial charge in [0, 0.05) is 10.9 Å². The van der Waals surface area contributed by atoms with Crippen LogP contribution in [0.3, 0.4) is 0 Å². The molecule has 1 aromatic rings. The smallest absolute Gasteiger partial charge is 0.171 e. The lowest BCUT2D eigenvalue weighted by molar-refractivity contribution is 0.0981. The summed E-state index contributed by atoms with van der Waals surface area (Å²) in [4.78, 5) is 12.0. The third-order valence-corrected chi connectivity index (χ3v) is 3.34. The summed E-state index contributed by atoms with van der Waals surface area (Å²) in [6.45, 7) is 2.17.